The maximum Gasteiger partial charge on any atom is 0.295 e. The molecule has 0 spiro atoms. The molecule has 2 aromatic carbocycles. The number of nitrogens with zero attached hydrogens (tertiary/aromatic N) is 2. The van der Waals surface area contributed by atoms with Crippen LogP contribution in [0.1, 0.15) is 23.6 Å². The molecule has 0 bridgehead atoms. The summed E-state index contributed by atoms with van der Waals surface area (Å²) in [5, 5.41) is 12.1. The summed E-state index contributed by atoms with van der Waals surface area (Å²) in [4.78, 5) is 32.9. The second kappa shape index (κ2) is 8.88. The summed E-state index contributed by atoms with van der Waals surface area (Å²) in [5.41, 5.74) is 2.15. The fraction of sp³-hybridized carbons (Fsp3) is 0.280. The molecule has 32 heavy (non-hydrogen) atoms. The molecule has 2 N–H and O–H groups in total. The summed E-state index contributed by atoms with van der Waals surface area (Å²) in [5.74, 6) is -0.833. The van der Waals surface area contributed by atoms with Gasteiger partial charge in [-0.2, -0.15) is 0 Å². The lowest BCUT2D eigenvalue weighted by molar-refractivity contribution is -0.139. The first kappa shape index (κ1) is 21.6. The van der Waals surface area contributed by atoms with E-state index in [1.54, 1.807) is 30.3 Å². The highest BCUT2D eigenvalue weighted by molar-refractivity contribution is 6.46. The SMILES string of the molecule is COc1cccc([C@@H]2C(=C(O)c3c[nH]c4ccccc34)C(=O)C(=O)N2CCCN(C)C)c1. The van der Waals surface area contributed by atoms with E-state index in [-0.39, 0.29) is 11.3 Å². The Balaban J connectivity index is 1.85. The number of carbonyl (C=O) groups excluding carboxylic acids is 2. The quantitative estimate of drug-likeness (QED) is 0.338. The van der Waals surface area contributed by atoms with Crippen LogP contribution in [0.3, 0.4) is 0 Å². The van der Waals surface area contributed by atoms with Crippen molar-refractivity contribution in [1.29, 1.82) is 0 Å². The Morgan fingerprint density at radius 2 is 1.94 bits per heavy atom. The highest BCUT2D eigenvalue weighted by atomic mass is 16.5. The van der Waals surface area contributed by atoms with Gasteiger partial charge in [0.05, 0.1) is 18.7 Å². The predicted molar refractivity (Wildman–Crippen MR) is 123 cm³/mol. The average molecular weight is 434 g/mol. The Morgan fingerprint density at radius 1 is 1.16 bits per heavy atom. The zero-order valence-electron chi connectivity index (χ0n) is 18.5. The maximum atomic E-state index is 13.2. The first-order chi connectivity index (χ1) is 15.4. The van der Waals surface area contributed by atoms with Gasteiger partial charge in [0.1, 0.15) is 11.5 Å². The third-order valence-electron chi connectivity index (χ3n) is 5.80. The van der Waals surface area contributed by atoms with Crippen molar-refractivity contribution < 1.29 is 19.4 Å². The first-order valence-electron chi connectivity index (χ1n) is 10.6. The zero-order valence-corrected chi connectivity index (χ0v) is 18.5. The number of amides is 1. The minimum absolute atomic E-state index is 0.0952. The number of carbonyl (C=O) groups is 2. The molecule has 7 nitrogen and oxygen atoms in total. The van der Waals surface area contributed by atoms with E-state index in [1.807, 2.05) is 55.4 Å². The molecule has 7 heteroatoms. The van der Waals surface area contributed by atoms with Gasteiger partial charge in [0, 0.05) is 29.2 Å². The Hall–Kier alpha value is -3.58. The number of aliphatic hydroxyl groups excluding tert-OH is 1. The number of aromatic nitrogens is 1. The number of rotatable bonds is 7. The molecule has 1 atom stereocenters. The van der Waals surface area contributed by atoms with Gasteiger partial charge in [0.25, 0.3) is 11.7 Å². The fourth-order valence-electron chi connectivity index (χ4n) is 4.24. The molecule has 0 aliphatic carbocycles. The number of benzene rings is 2. The van der Waals surface area contributed by atoms with Gasteiger partial charge >= 0.3 is 0 Å². The Morgan fingerprint density at radius 3 is 2.69 bits per heavy atom. The Kier molecular flexibility index (Phi) is 6.01. The minimum Gasteiger partial charge on any atom is -0.507 e. The van der Waals surface area contributed by atoms with Crippen LogP contribution in [0.25, 0.3) is 16.7 Å². The van der Waals surface area contributed by atoms with Crippen molar-refractivity contribution in [1.82, 2.24) is 14.8 Å². The van der Waals surface area contributed by atoms with E-state index in [0.717, 1.165) is 23.0 Å². The van der Waals surface area contributed by atoms with Gasteiger partial charge in [-0.15, -0.1) is 0 Å². The number of hydrogen-bond donors (Lipinski definition) is 2. The summed E-state index contributed by atoms with van der Waals surface area (Å²) in [6.07, 6.45) is 2.37. The van der Waals surface area contributed by atoms with Gasteiger partial charge in [-0.3, -0.25) is 9.59 Å². The topological polar surface area (TPSA) is 85.9 Å². The summed E-state index contributed by atoms with van der Waals surface area (Å²) in [6, 6.07) is 14.1. The number of ketones is 1. The van der Waals surface area contributed by atoms with Crippen molar-refractivity contribution in [2.24, 2.45) is 0 Å². The fourth-order valence-corrected chi connectivity index (χ4v) is 4.24. The van der Waals surface area contributed by atoms with Crippen LogP contribution in [0.2, 0.25) is 0 Å². The molecule has 1 fully saturated rings. The molecule has 2 heterocycles. The van der Waals surface area contributed by atoms with Crippen molar-refractivity contribution in [2.75, 3.05) is 34.3 Å². The standard InChI is InChI=1S/C25H27N3O4/c1-27(2)12-7-13-28-22(16-8-6-9-17(14-16)32-3)21(24(30)25(28)31)23(29)19-15-26-20-11-5-4-10-18(19)20/h4-6,8-11,14-15,22,26,29H,7,12-13H2,1-3H3/t22-/m1/s1. The number of nitrogens with one attached hydrogen (secondary N) is 1. The van der Waals surface area contributed by atoms with Crippen LogP contribution in [-0.2, 0) is 9.59 Å². The van der Waals surface area contributed by atoms with Crippen LogP contribution in [-0.4, -0.2) is 65.9 Å². The van der Waals surface area contributed by atoms with Crippen LogP contribution >= 0.6 is 0 Å². The van der Waals surface area contributed by atoms with Crippen LogP contribution in [0.15, 0.2) is 60.3 Å². The number of hydrogen-bond acceptors (Lipinski definition) is 5. The van der Waals surface area contributed by atoms with Gasteiger partial charge in [0.15, 0.2) is 0 Å². The monoisotopic (exact) mass is 433 g/mol. The van der Waals surface area contributed by atoms with Crippen LogP contribution in [0, 0.1) is 0 Å². The molecule has 1 aliphatic heterocycles. The number of ether oxygens (including phenoxy) is 1. The van der Waals surface area contributed by atoms with Crippen molar-refractivity contribution >= 4 is 28.4 Å². The second-order valence-electron chi connectivity index (χ2n) is 8.17. The lowest BCUT2D eigenvalue weighted by atomic mass is 9.95. The third kappa shape index (κ3) is 3.87. The molecule has 3 aromatic rings. The number of H-pyrrole nitrogens is 1. The van der Waals surface area contributed by atoms with Gasteiger partial charge in [-0.1, -0.05) is 30.3 Å². The van der Waals surface area contributed by atoms with Crippen LogP contribution < -0.4 is 4.74 Å². The highest BCUT2D eigenvalue weighted by Gasteiger charge is 2.46. The van der Waals surface area contributed by atoms with E-state index in [9.17, 15) is 14.7 Å². The summed E-state index contributed by atoms with van der Waals surface area (Å²) in [7, 11) is 5.49. The molecule has 166 valence electrons. The van der Waals surface area contributed by atoms with Crippen molar-refractivity contribution in [3.8, 4) is 5.75 Å². The predicted octanol–water partition coefficient (Wildman–Crippen LogP) is 3.55. The minimum atomic E-state index is -0.694. The molecule has 0 saturated carbocycles. The van der Waals surface area contributed by atoms with Gasteiger partial charge in [-0.25, -0.2) is 0 Å². The Bertz CT molecular complexity index is 1190. The number of likely N-dealkylation sites (tertiary alicyclic amines) is 1. The van der Waals surface area contributed by atoms with E-state index >= 15 is 0 Å². The number of aliphatic hydroxyl groups is 1. The largest absolute Gasteiger partial charge is 0.507 e. The molecule has 1 amide bonds. The highest BCUT2D eigenvalue weighted by Crippen LogP contribution is 2.41. The van der Waals surface area contributed by atoms with Gasteiger partial charge < -0.3 is 24.6 Å². The molecule has 0 radical (unpaired) electrons. The van der Waals surface area contributed by atoms with E-state index in [2.05, 4.69) is 4.98 Å². The van der Waals surface area contributed by atoms with Gasteiger partial charge in [0.2, 0.25) is 0 Å². The van der Waals surface area contributed by atoms with E-state index in [1.165, 1.54) is 0 Å². The van der Waals surface area contributed by atoms with E-state index in [0.29, 0.717) is 24.3 Å². The number of para-hydroxylation sites is 1. The molecule has 1 aromatic heterocycles. The van der Waals surface area contributed by atoms with Crippen LogP contribution in [0.5, 0.6) is 5.75 Å². The third-order valence-corrected chi connectivity index (χ3v) is 5.80. The molecule has 1 saturated heterocycles. The lowest BCUT2D eigenvalue weighted by Crippen LogP contribution is -2.32. The second-order valence-corrected chi connectivity index (χ2v) is 8.17. The normalized spacial score (nSPS) is 18.1. The molecule has 1 aliphatic rings. The summed E-state index contributed by atoms with van der Waals surface area (Å²) >= 11 is 0. The number of Topliss-reactive ketones (excluding diaryl/α,β-unsaturated/α-hetero) is 1. The summed E-state index contributed by atoms with van der Waals surface area (Å²) < 4.78 is 5.36. The first-order valence-corrected chi connectivity index (χ1v) is 10.6. The van der Waals surface area contributed by atoms with Crippen molar-refractivity contribution in [2.45, 2.75) is 12.5 Å². The number of aromatic amines is 1. The molecular weight excluding hydrogens is 406 g/mol. The molecule has 0 unspecified atom stereocenters. The molecule has 4 rings (SSSR count). The summed E-state index contributed by atoms with van der Waals surface area (Å²) in [6.45, 7) is 1.17. The number of fused-ring (bicyclic) bond motifs is 1. The maximum absolute atomic E-state index is 13.2. The lowest BCUT2D eigenvalue weighted by Gasteiger charge is -2.26. The zero-order chi connectivity index (χ0) is 22.8. The number of methoxy groups -OCH3 is 1. The Labute approximate surface area is 186 Å². The molecular formula is C25H27N3O4. The smallest absolute Gasteiger partial charge is 0.295 e. The van der Waals surface area contributed by atoms with Crippen molar-refractivity contribution in [3.05, 3.63) is 71.4 Å². The average Bonchev–Trinajstić information content (AvgIpc) is 3.33. The van der Waals surface area contributed by atoms with Crippen LogP contribution in [0.4, 0.5) is 0 Å². The van der Waals surface area contributed by atoms with E-state index in [4.69, 9.17) is 4.74 Å². The van der Waals surface area contributed by atoms with E-state index < -0.39 is 17.7 Å². The van der Waals surface area contributed by atoms with Crippen molar-refractivity contribution in [3.63, 3.8) is 0 Å². The van der Waals surface area contributed by atoms with Gasteiger partial charge in [-0.05, 0) is 50.8 Å².